The first-order valence-corrected chi connectivity index (χ1v) is 2.46. The summed E-state index contributed by atoms with van der Waals surface area (Å²) in [6, 6.07) is 0. The van der Waals surface area contributed by atoms with Gasteiger partial charge in [-0.1, -0.05) is 13.3 Å². The van der Waals surface area contributed by atoms with E-state index in [4.69, 9.17) is 10.9 Å². The molecule has 0 fully saturated rings. The molecule has 45 valence electrons. The Labute approximate surface area is 71.9 Å². The van der Waals surface area contributed by atoms with Crippen molar-refractivity contribution in [3.8, 4) is 0 Å². The van der Waals surface area contributed by atoms with E-state index in [0.717, 1.165) is 12.8 Å². The zero-order chi connectivity index (χ0) is 5.70. The zero-order valence-corrected chi connectivity index (χ0v) is 7.52. The molecule has 0 aromatic carbocycles. The van der Waals surface area contributed by atoms with E-state index in [9.17, 15) is 0 Å². The molecule has 0 aliphatic heterocycles. The van der Waals surface area contributed by atoms with Crippen LogP contribution in [0.3, 0.4) is 0 Å². The molecule has 0 saturated heterocycles. The van der Waals surface area contributed by atoms with Crippen LogP contribution in [0.25, 0.3) is 0 Å². The van der Waals surface area contributed by atoms with Crippen LogP contribution in [0, 0.1) is 0 Å². The molecule has 0 aliphatic rings. The minimum atomic E-state index is -0.245. The molecule has 0 heterocycles. The number of hydrogen-bond acceptors (Lipinski definition) is 3. The van der Waals surface area contributed by atoms with Crippen molar-refractivity contribution < 1.29 is 5.21 Å². The Kier molecular flexibility index (Phi) is 11.5. The van der Waals surface area contributed by atoms with Gasteiger partial charge in [0.15, 0.2) is 0 Å². The molecule has 1 unspecified atom stereocenters. The zero-order valence-electron chi connectivity index (χ0n) is 5.52. The first kappa shape index (κ1) is 11.6. The van der Waals surface area contributed by atoms with E-state index in [2.05, 4.69) is 0 Å². The first-order valence-electron chi connectivity index (χ1n) is 2.46. The second-order valence-electron chi connectivity index (χ2n) is 1.52. The van der Waals surface area contributed by atoms with Crippen LogP contribution in [0.4, 0.5) is 0 Å². The van der Waals surface area contributed by atoms with Gasteiger partial charge in [0, 0.05) is 29.6 Å². The van der Waals surface area contributed by atoms with Gasteiger partial charge in [-0.15, -0.1) is 0 Å². The Hall–Kier alpha value is 0.880. The van der Waals surface area contributed by atoms with Crippen molar-refractivity contribution in [3.05, 3.63) is 0 Å². The number of rotatable bonds is 3. The predicted octanol–water partition coefficient (Wildman–Crippen LogP) is -0.331. The van der Waals surface area contributed by atoms with Crippen molar-refractivity contribution in [2.24, 2.45) is 5.73 Å². The molecule has 0 spiro atoms. The molecule has 0 aliphatic carbocycles. The molecule has 4 N–H and O–H groups in total. The van der Waals surface area contributed by atoms with Gasteiger partial charge in [0.25, 0.3) is 0 Å². The van der Waals surface area contributed by atoms with Crippen molar-refractivity contribution in [2.75, 3.05) is 0 Å². The topological polar surface area (TPSA) is 58.3 Å². The van der Waals surface area contributed by atoms with Crippen LogP contribution < -0.4 is 11.2 Å². The second-order valence-corrected chi connectivity index (χ2v) is 1.52. The van der Waals surface area contributed by atoms with Crippen LogP contribution in [0.15, 0.2) is 0 Å². The molecule has 1 atom stereocenters. The van der Waals surface area contributed by atoms with E-state index in [1.165, 1.54) is 0 Å². The molecular weight excluding hydrogens is 115 g/mol. The largest absolute Gasteiger partial charge is 0.315 e. The average molecular weight is 127 g/mol. The maximum absolute atomic E-state index is 8.09. The summed E-state index contributed by atoms with van der Waals surface area (Å²) in [7, 11) is 0. The van der Waals surface area contributed by atoms with Crippen molar-refractivity contribution in [2.45, 2.75) is 25.9 Å². The van der Waals surface area contributed by atoms with Gasteiger partial charge in [-0.25, -0.2) is 0 Å². The fraction of sp³-hybridized carbons (Fsp3) is 1.00. The Bertz CT molecular complexity index is 45.0. The summed E-state index contributed by atoms with van der Waals surface area (Å²) in [5, 5.41) is 8.09. The summed E-state index contributed by atoms with van der Waals surface area (Å²) in [5.41, 5.74) is 7.17. The molecule has 0 aromatic rings. The maximum Gasteiger partial charge on any atom is 0.0784 e. The van der Waals surface area contributed by atoms with E-state index in [1.807, 2.05) is 12.4 Å². The quantitative estimate of drug-likeness (QED) is 0.276. The molecule has 1 radical (unpaired) electrons. The van der Waals surface area contributed by atoms with Gasteiger partial charge in [-0.3, -0.25) is 0 Å². The SMILES string of the molecule is CCCC(N)NO.[Na]. The summed E-state index contributed by atoms with van der Waals surface area (Å²) in [6.07, 6.45) is 1.57. The smallest absolute Gasteiger partial charge is 0.0784 e. The average Bonchev–Trinajstić information content (AvgIpc) is 1.68. The van der Waals surface area contributed by atoms with E-state index in [-0.39, 0.29) is 35.7 Å². The van der Waals surface area contributed by atoms with Crippen LogP contribution in [-0.2, 0) is 0 Å². The van der Waals surface area contributed by atoms with Gasteiger partial charge in [0.1, 0.15) is 0 Å². The number of hydroxylamine groups is 1. The summed E-state index contributed by atoms with van der Waals surface area (Å²) in [5.74, 6) is 0. The summed E-state index contributed by atoms with van der Waals surface area (Å²) < 4.78 is 0. The van der Waals surface area contributed by atoms with Crippen LogP contribution in [0.2, 0.25) is 0 Å². The van der Waals surface area contributed by atoms with Gasteiger partial charge in [0.05, 0.1) is 6.17 Å². The minimum Gasteiger partial charge on any atom is -0.315 e. The van der Waals surface area contributed by atoms with E-state index in [1.54, 1.807) is 0 Å². The second kappa shape index (κ2) is 7.88. The van der Waals surface area contributed by atoms with Gasteiger partial charge in [-0.05, 0) is 6.42 Å². The Morgan fingerprint density at radius 3 is 2.38 bits per heavy atom. The minimum absolute atomic E-state index is 0. The third kappa shape index (κ3) is 6.88. The normalized spacial score (nSPS) is 12.4. The van der Waals surface area contributed by atoms with Crippen LogP contribution in [0.1, 0.15) is 19.8 Å². The monoisotopic (exact) mass is 127 g/mol. The molecule has 0 bridgehead atoms. The van der Waals surface area contributed by atoms with Gasteiger partial charge < -0.3 is 10.9 Å². The third-order valence-electron chi connectivity index (χ3n) is 0.766. The summed E-state index contributed by atoms with van der Waals surface area (Å²) >= 11 is 0. The van der Waals surface area contributed by atoms with Gasteiger partial charge >= 0.3 is 0 Å². The summed E-state index contributed by atoms with van der Waals surface area (Å²) in [6.45, 7) is 2.01. The van der Waals surface area contributed by atoms with Gasteiger partial charge in [-0.2, -0.15) is 5.48 Å². The molecule has 0 rings (SSSR count). The van der Waals surface area contributed by atoms with E-state index < -0.39 is 0 Å². The fourth-order valence-corrected chi connectivity index (χ4v) is 0.376. The maximum atomic E-state index is 8.09. The van der Waals surface area contributed by atoms with Crippen molar-refractivity contribution in [1.82, 2.24) is 5.48 Å². The molecule has 4 heteroatoms. The first-order chi connectivity index (χ1) is 3.31. The van der Waals surface area contributed by atoms with Crippen molar-refractivity contribution >= 4 is 29.6 Å². The van der Waals surface area contributed by atoms with Crippen LogP contribution in [0.5, 0.6) is 0 Å². The van der Waals surface area contributed by atoms with Crippen molar-refractivity contribution in [3.63, 3.8) is 0 Å². The molecule has 0 aromatic heterocycles. The van der Waals surface area contributed by atoms with E-state index >= 15 is 0 Å². The predicted molar refractivity (Wildman–Crippen MR) is 33.6 cm³/mol. The van der Waals surface area contributed by atoms with Crippen LogP contribution >= 0.6 is 0 Å². The number of nitrogens with two attached hydrogens (primary N) is 1. The Balaban J connectivity index is 0. The standard InChI is InChI=1S/C4H12N2O.Na/c1-2-3-4(5)6-7;/h4,6-7H,2-3,5H2,1H3;. The molecule has 3 nitrogen and oxygen atoms in total. The molecule has 8 heavy (non-hydrogen) atoms. The van der Waals surface area contributed by atoms with E-state index in [0.29, 0.717) is 0 Å². The number of hydrogen-bond donors (Lipinski definition) is 3. The Morgan fingerprint density at radius 2 is 2.25 bits per heavy atom. The van der Waals surface area contributed by atoms with Crippen molar-refractivity contribution in [1.29, 1.82) is 0 Å². The summed E-state index contributed by atoms with van der Waals surface area (Å²) in [4.78, 5) is 0. The fourth-order valence-electron chi connectivity index (χ4n) is 0.376. The Morgan fingerprint density at radius 1 is 1.75 bits per heavy atom. The molecular formula is C4H12N2NaO. The van der Waals surface area contributed by atoms with Crippen LogP contribution in [-0.4, -0.2) is 40.9 Å². The number of nitrogens with one attached hydrogen (secondary N) is 1. The third-order valence-corrected chi connectivity index (χ3v) is 0.766. The van der Waals surface area contributed by atoms with Gasteiger partial charge in [0.2, 0.25) is 0 Å². The molecule has 0 amide bonds. The molecule has 0 saturated carbocycles.